The molecule has 5 heteroatoms. The molecule has 1 aliphatic carbocycles. The Kier molecular flexibility index (Phi) is 2.26. The van der Waals surface area contributed by atoms with E-state index in [-0.39, 0.29) is 5.91 Å². The molecule has 2 aliphatic rings. The molecule has 1 fully saturated rings. The second kappa shape index (κ2) is 3.57. The average Bonchev–Trinajstić information content (AvgIpc) is 3.00. The number of hydrogen-bond donors (Lipinski definition) is 1. The molecule has 1 amide bonds. The summed E-state index contributed by atoms with van der Waals surface area (Å²) in [5, 5.41) is 11.1. The van der Waals surface area contributed by atoms with Gasteiger partial charge in [-0.15, -0.1) is 11.3 Å². The Morgan fingerprint density at radius 3 is 2.82 bits per heavy atom. The second-order valence-electron chi connectivity index (χ2n) is 4.73. The van der Waals surface area contributed by atoms with E-state index in [1.807, 2.05) is 5.38 Å². The van der Waals surface area contributed by atoms with Gasteiger partial charge in [0.05, 0.1) is 6.54 Å². The van der Waals surface area contributed by atoms with E-state index in [0.29, 0.717) is 25.9 Å². The SMILES string of the molecule is O=C(O)C1(C(=O)N2CCc3ccsc3C2)CC1. The van der Waals surface area contributed by atoms with Crippen LogP contribution in [0.15, 0.2) is 11.4 Å². The van der Waals surface area contributed by atoms with Gasteiger partial charge in [-0.3, -0.25) is 9.59 Å². The molecule has 1 aliphatic heterocycles. The summed E-state index contributed by atoms with van der Waals surface area (Å²) < 4.78 is 0. The highest BCUT2D eigenvalue weighted by atomic mass is 32.1. The van der Waals surface area contributed by atoms with Gasteiger partial charge in [-0.05, 0) is 36.3 Å². The number of carboxylic acid groups (broad SMARTS) is 1. The van der Waals surface area contributed by atoms with Crippen molar-refractivity contribution in [3.8, 4) is 0 Å². The standard InChI is InChI=1S/C12H13NO3S/c14-10(12(3-4-12)11(15)16)13-5-1-8-2-6-17-9(8)7-13/h2,6H,1,3-5,7H2,(H,15,16). The number of rotatable bonds is 2. The van der Waals surface area contributed by atoms with Crippen molar-refractivity contribution in [2.45, 2.75) is 25.8 Å². The Labute approximate surface area is 103 Å². The lowest BCUT2D eigenvalue weighted by atomic mass is 10.0. The van der Waals surface area contributed by atoms with Crippen LogP contribution < -0.4 is 0 Å². The maximum atomic E-state index is 12.2. The molecular weight excluding hydrogens is 238 g/mol. The number of thiophene rings is 1. The predicted octanol–water partition coefficient (Wildman–Crippen LogP) is 1.50. The number of carbonyl (C=O) groups is 2. The van der Waals surface area contributed by atoms with Crippen molar-refractivity contribution in [1.82, 2.24) is 4.90 Å². The van der Waals surface area contributed by atoms with Crippen LogP contribution in [0.4, 0.5) is 0 Å². The van der Waals surface area contributed by atoms with Crippen molar-refractivity contribution in [2.75, 3.05) is 6.54 Å². The van der Waals surface area contributed by atoms with Gasteiger partial charge in [0.2, 0.25) is 5.91 Å². The maximum Gasteiger partial charge on any atom is 0.319 e. The van der Waals surface area contributed by atoms with E-state index < -0.39 is 11.4 Å². The van der Waals surface area contributed by atoms with Gasteiger partial charge in [0, 0.05) is 11.4 Å². The summed E-state index contributed by atoms with van der Waals surface area (Å²) in [7, 11) is 0. The monoisotopic (exact) mass is 251 g/mol. The number of carboxylic acids is 1. The number of fused-ring (bicyclic) bond motifs is 1. The van der Waals surface area contributed by atoms with Crippen LogP contribution in [0.5, 0.6) is 0 Å². The highest BCUT2D eigenvalue weighted by Gasteiger charge is 2.58. The van der Waals surface area contributed by atoms with Gasteiger partial charge in [0.1, 0.15) is 5.41 Å². The highest BCUT2D eigenvalue weighted by Crippen LogP contribution is 2.48. The van der Waals surface area contributed by atoms with Crippen molar-refractivity contribution < 1.29 is 14.7 Å². The number of nitrogens with zero attached hydrogens (tertiary/aromatic N) is 1. The van der Waals surface area contributed by atoms with Crippen LogP contribution in [-0.2, 0) is 22.6 Å². The number of aliphatic carboxylic acids is 1. The summed E-state index contributed by atoms with van der Waals surface area (Å²) in [5.74, 6) is -1.15. The second-order valence-corrected chi connectivity index (χ2v) is 5.73. The van der Waals surface area contributed by atoms with Crippen LogP contribution in [0.2, 0.25) is 0 Å². The van der Waals surface area contributed by atoms with E-state index in [9.17, 15) is 9.59 Å². The molecule has 0 aromatic carbocycles. The van der Waals surface area contributed by atoms with Gasteiger partial charge in [-0.1, -0.05) is 0 Å². The van der Waals surface area contributed by atoms with Crippen molar-refractivity contribution in [1.29, 1.82) is 0 Å². The molecule has 1 N–H and O–H groups in total. The van der Waals surface area contributed by atoms with E-state index in [4.69, 9.17) is 5.11 Å². The Bertz CT molecular complexity index is 490. The summed E-state index contributed by atoms with van der Waals surface area (Å²) >= 11 is 1.64. The van der Waals surface area contributed by atoms with Gasteiger partial charge >= 0.3 is 5.97 Å². The molecular formula is C12H13NO3S. The van der Waals surface area contributed by atoms with Gasteiger partial charge in [0.15, 0.2) is 0 Å². The minimum Gasteiger partial charge on any atom is -0.480 e. The van der Waals surface area contributed by atoms with E-state index in [0.717, 1.165) is 6.42 Å². The molecule has 1 saturated carbocycles. The van der Waals surface area contributed by atoms with E-state index in [1.54, 1.807) is 16.2 Å². The zero-order chi connectivity index (χ0) is 12.0. The largest absolute Gasteiger partial charge is 0.480 e. The first-order valence-electron chi connectivity index (χ1n) is 5.71. The molecule has 0 unspecified atom stereocenters. The third kappa shape index (κ3) is 1.57. The molecule has 0 spiro atoms. The molecule has 3 rings (SSSR count). The van der Waals surface area contributed by atoms with Gasteiger partial charge < -0.3 is 10.0 Å². The minimum absolute atomic E-state index is 0.191. The first-order valence-corrected chi connectivity index (χ1v) is 6.59. The third-order valence-corrected chi connectivity index (χ3v) is 4.63. The number of hydrogen-bond acceptors (Lipinski definition) is 3. The third-order valence-electron chi connectivity index (χ3n) is 3.68. The Hall–Kier alpha value is -1.36. The lowest BCUT2D eigenvalue weighted by Crippen LogP contribution is -2.43. The molecule has 0 saturated heterocycles. The van der Waals surface area contributed by atoms with Crippen LogP contribution in [-0.4, -0.2) is 28.4 Å². The minimum atomic E-state index is -1.09. The summed E-state index contributed by atoms with van der Waals surface area (Å²) in [6.45, 7) is 1.23. The summed E-state index contributed by atoms with van der Waals surface area (Å²) in [4.78, 5) is 26.2. The first kappa shape index (κ1) is 10.8. The molecule has 2 heterocycles. The molecule has 0 atom stereocenters. The van der Waals surface area contributed by atoms with Crippen LogP contribution in [0.3, 0.4) is 0 Å². The molecule has 1 aromatic rings. The van der Waals surface area contributed by atoms with E-state index >= 15 is 0 Å². The topological polar surface area (TPSA) is 57.6 Å². The van der Waals surface area contributed by atoms with Crippen LogP contribution >= 0.6 is 11.3 Å². The zero-order valence-electron chi connectivity index (χ0n) is 9.31. The van der Waals surface area contributed by atoms with Gasteiger partial charge in [-0.25, -0.2) is 0 Å². The van der Waals surface area contributed by atoms with Crippen molar-refractivity contribution in [3.63, 3.8) is 0 Å². The quantitative estimate of drug-likeness (QED) is 0.810. The number of carbonyl (C=O) groups excluding carboxylic acids is 1. The fraction of sp³-hybridized carbons (Fsp3) is 0.500. The summed E-state index contributed by atoms with van der Waals surface area (Å²) in [5.41, 5.74) is 0.216. The Morgan fingerprint density at radius 2 is 2.18 bits per heavy atom. The lowest BCUT2D eigenvalue weighted by molar-refractivity contribution is -0.153. The molecule has 17 heavy (non-hydrogen) atoms. The van der Waals surface area contributed by atoms with Crippen molar-refractivity contribution >= 4 is 23.2 Å². The van der Waals surface area contributed by atoms with Gasteiger partial charge in [-0.2, -0.15) is 0 Å². The molecule has 90 valence electrons. The van der Waals surface area contributed by atoms with Gasteiger partial charge in [0.25, 0.3) is 0 Å². The van der Waals surface area contributed by atoms with E-state index in [1.165, 1.54) is 10.4 Å². The molecule has 4 nitrogen and oxygen atoms in total. The van der Waals surface area contributed by atoms with Crippen LogP contribution in [0, 0.1) is 5.41 Å². The lowest BCUT2D eigenvalue weighted by Gasteiger charge is -2.29. The fourth-order valence-electron chi connectivity index (χ4n) is 2.36. The summed E-state index contributed by atoms with van der Waals surface area (Å²) in [6.07, 6.45) is 1.84. The predicted molar refractivity (Wildman–Crippen MR) is 62.7 cm³/mol. The van der Waals surface area contributed by atoms with Crippen molar-refractivity contribution in [3.05, 3.63) is 21.9 Å². The van der Waals surface area contributed by atoms with E-state index in [2.05, 4.69) is 6.07 Å². The Morgan fingerprint density at radius 1 is 1.41 bits per heavy atom. The molecule has 0 bridgehead atoms. The summed E-state index contributed by atoms with van der Waals surface area (Å²) in [6, 6.07) is 2.09. The normalized spacial score (nSPS) is 20.8. The first-order chi connectivity index (χ1) is 8.13. The number of amides is 1. The van der Waals surface area contributed by atoms with Crippen LogP contribution in [0.1, 0.15) is 23.3 Å². The van der Waals surface area contributed by atoms with Crippen molar-refractivity contribution in [2.24, 2.45) is 5.41 Å². The van der Waals surface area contributed by atoms with Crippen LogP contribution in [0.25, 0.3) is 0 Å². The zero-order valence-corrected chi connectivity index (χ0v) is 10.1. The molecule has 0 radical (unpaired) electrons. The highest BCUT2D eigenvalue weighted by molar-refractivity contribution is 7.10. The average molecular weight is 251 g/mol. The molecule has 1 aromatic heterocycles. The Balaban J connectivity index is 1.79. The fourth-order valence-corrected chi connectivity index (χ4v) is 3.30. The maximum absolute atomic E-state index is 12.2. The smallest absolute Gasteiger partial charge is 0.319 e.